The largest absolute Gasteiger partial charge is 0.307 e. The topological polar surface area (TPSA) is 29.9 Å². The Morgan fingerprint density at radius 1 is 1.24 bits per heavy atom. The van der Waals surface area contributed by atoms with Gasteiger partial charge in [-0.05, 0) is 30.2 Å². The zero-order valence-corrected chi connectivity index (χ0v) is 10.1. The molecule has 0 saturated carbocycles. The van der Waals surface area contributed by atoms with E-state index >= 15 is 0 Å². The zero-order valence-electron chi connectivity index (χ0n) is 10.1. The fourth-order valence-electron chi connectivity index (χ4n) is 1.75. The van der Waals surface area contributed by atoms with Gasteiger partial charge in [-0.15, -0.1) is 0 Å². The first-order valence-electron chi connectivity index (χ1n) is 5.59. The molecule has 17 heavy (non-hydrogen) atoms. The van der Waals surface area contributed by atoms with Crippen LogP contribution in [0.5, 0.6) is 0 Å². The van der Waals surface area contributed by atoms with Crippen LogP contribution >= 0.6 is 0 Å². The highest BCUT2D eigenvalue weighted by molar-refractivity contribution is 5.17. The fraction of sp³-hybridized carbons (Fsp3) is 0.308. The highest BCUT2D eigenvalue weighted by Crippen LogP contribution is 2.06. The predicted molar refractivity (Wildman–Crippen MR) is 64.9 cm³/mol. The van der Waals surface area contributed by atoms with Crippen LogP contribution in [0, 0.1) is 12.7 Å². The Kier molecular flexibility index (Phi) is 3.54. The molecule has 0 aliphatic rings. The number of nitrogens with one attached hydrogen (secondary N) is 1. The highest BCUT2D eigenvalue weighted by atomic mass is 19.1. The number of hydrogen-bond donors (Lipinski definition) is 1. The van der Waals surface area contributed by atoms with Crippen molar-refractivity contribution in [1.29, 1.82) is 0 Å². The SMILES string of the molecule is Cc1cnn(C)c1CNCc1ccc(F)cc1. The van der Waals surface area contributed by atoms with Gasteiger partial charge in [0, 0.05) is 20.1 Å². The highest BCUT2D eigenvalue weighted by Gasteiger charge is 2.03. The number of rotatable bonds is 4. The van der Waals surface area contributed by atoms with Crippen molar-refractivity contribution in [2.24, 2.45) is 7.05 Å². The Bertz CT molecular complexity index is 468. The van der Waals surface area contributed by atoms with Crippen LogP contribution in [0.2, 0.25) is 0 Å². The average molecular weight is 233 g/mol. The maximum Gasteiger partial charge on any atom is 0.123 e. The molecular formula is C13H16FN3. The second-order valence-corrected chi connectivity index (χ2v) is 4.13. The van der Waals surface area contributed by atoms with E-state index in [1.54, 1.807) is 12.1 Å². The summed E-state index contributed by atoms with van der Waals surface area (Å²) in [6.45, 7) is 3.53. The molecule has 4 heteroatoms. The molecule has 1 aromatic carbocycles. The van der Waals surface area contributed by atoms with Crippen LogP contribution in [0.4, 0.5) is 4.39 Å². The average Bonchev–Trinajstić information content (AvgIpc) is 2.63. The van der Waals surface area contributed by atoms with Gasteiger partial charge in [-0.2, -0.15) is 5.10 Å². The number of aromatic nitrogens is 2. The minimum atomic E-state index is -0.198. The second-order valence-electron chi connectivity index (χ2n) is 4.13. The molecule has 0 fully saturated rings. The summed E-state index contributed by atoms with van der Waals surface area (Å²) in [5.74, 6) is -0.198. The molecule has 3 nitrogen and oxygen atoms in total. The molecule has 0 aliphatic carbocycles. The minimum Gasteiger partial charge on any atom is -0.307 e. The minimum absolute atomic E-state index is 0.198. The molecule has 0 saturated heterocycles. The third-order valence-electron chi connectivity index (χ3n) is 2.81. The number of nitrogens with zero attached hydrogens (tertiary/aromatic N) is 2. The number of halogens is 1. The molecule has 0 amide bonds. The van der Waals surface area contributed by atoms with Gasteiger partial charge in [-0.3, -0.25) is 4.68 Å². The van der Waals surface area contributed by atoms with E-state index < -0.39 is 0 Å². The lowest BCUT2D eigenvalue weighted by Gasteiger charge is -2.06. The molecule has 0 bridgehead atoms. The summed E-state index contributed by atoms with van der Waals surface area (Å²) in [4.78, 5) is 0. The van der Waals surface area contributed by atoms with E-state index in [1.807, 2.05) is 24.9 Å². The molecule has 1 heterocycles. The van der Waals surface area contributed by atoms with Gasteiger partial charge in [0.1, 0.15) is 5.82 Å². The van der Waals surface area contributed by atoms with Crippen molar-refractivity contribution in [2.75, 3.05) is 0 Å². The van der Waals surface area contributed by atoms with Gasteiger partial charge in [0.25, 0.3) is 0 Å². The van der Waals surface area contributed by atoms with Gasteiger partial charge in [0.05, 0.1) is 11.9 Å². The molecule has 0 spiro atoms. The summed E-state index contributed by atoms with van der Waals surface area (Å²) in [6, 6.07) is 6.54. The molecule has 1 aromatic heterocycles. The van der Waals surface area contributed by atoms with Crippen LogP contribution in [0.1, 0.15) is 16.8 Å². The molecule has 2 aromatic rings. The second kappa shape index (κ2) is 5.10. The van der Waals surface area contributed by atoms with Gasteiger partial charge < -0.3 is 5.32 Å². The van der Waals surface area contributed by atoms with E-state index in [0.717, 1.165) is 18.7 Å². The maximum absolute atomic E-state index is 12.7. The van der Waals surface area contributed by atoms with Gasteiger partial charge in [0.15, 0.2) is 0 Å². The van der Waals surface area contributed by atoms with Gasteiger partial charge in [-0.25, -0.2) is 4.39 Å². The third kappa shape index (κ3) is 2.91. The quantitative estimate of drug-likeness (QED) is 0.877. The molecule has 2 rings (SSSR count). The summed E-state index contributed by atoms with van der Waals surface area (Å²) in [6.07, 6.45) is 1.86. The van der Waals surface area contributed by atoms with E-state index in [2.05, 4.69) is 10.4 Å². The Labute approximate surface area is 100 Å². The first kappa shape index (κ1) is 11.8. The van der Waals surface area contributed by atoms with E-state index in [9.17, 15) is 4.39 Å². The smallest absolute Gasteiger partial charge is 0.123 e. The van der Waals surface area contributed by atoms with Gasteiger partial charge in [0.2, 0.25) is 0 Å². The Hall–Kier alpha value is -1.68. The molecule has 1 N–H and O–H groups in total. The van der Waals surface area contributed by atoms with Crippen LogP contribution < -0.4 is 5.32 Å². The van der Waals surface area contributed by atoms with Crippen molar-refractivity contribution < 1.29 is 4.39 Å². The Morgan fingerprint density at radius 2 is 1.94 bits per heavy atom. The van der Waals surface area contributed by atoms with E-state index in [0.29, 0.717) is 0 Å². The number of aryl methyl sites for hydroxylation is 2. The first-order valence-corrected chi connectivity index (χ1v) is 5.59. The number of benzene rings is 1. The zero-order chi connectivity index (χ0) is 12.3. The van der Waals surface area contributed by atoms with Crippen molar-refractivity contribution in [2.45, 2.75) is 20.0 Å². The van der Waals surface area contributed by atoms with E-state index in [4.69, 9.17) is 0 Å². The van der Waals surface area contributed by atoms with Crippen LogP contribution in [-0.4, -0.2) is 9.78 Å². The Morgan fingerprint density at radius 3 is 2.53 bits per heavy atom. The standard InChI is InChI=1S/C13H16FN3/c1-10-7-16-17(2)13(10)9-15-8-11-3-5-12(14)6-4-11/h3-7,15H,8-9H2,1-2H3. The van der Waals surface area contributed by atoms with E-state index in [1.165, 1.54) is 23.4 Å². The predicted octanol–water partition coefficient (Wildman–Crippen LogP) is 2.16. The van der Waals surface area contributed by atoms with Gasteiger partial charge in [-0.1, -0.05) is 12.1 Å². The van der Waals surface area contributed by atoms with Crippen LogP contribution in [-0.2, 0) is 20.1 Å². The van der Waals surface area contributed by atoms with Gasteiger partial charge >= 0.3 is 0 Å². The summed E-state index contributed by atoms with van der Waals surface area (Å²) in [5.41, 5.74) is 3.43. The van der Waals surface area contributed by atoms with Crippen molar-refractivity contribution in [3.05, 3.63) is 53.1 Å². The molecule has 0 radical (unpaired) electrons. The third-order valence-corrected chi connectivity index (χ3v) is 2.81. The molecule has 0 atom stereocenters. The summed E-state index contributed by atoms with van der Waals surface area (Å²) in [5, 5.41) is 7.50. The van der Waals surface area contributed by atoms with Crippen molar-refractivity contribution in [1.82, 2.24) is 15.1 Å². The van der Waals surface area contributed by atoms with E-state index in [-0.39, 0.29) is 5.82 Å². The summed E-state index contributed by atoms with van der Waals surface area (Å²) < 4.78 is 14.6. The Balaban J connectivity index is 1.90. The van der Waals surface area contributed by atoms with Crippen LogP contribution in [0.15, 0.2) is 30.5 Å². The molecule has 0 aliphatic heterocycles. The van der Waals surface area contributed by atoms with Crippen molar-refractivity contribution in [3.63, 3.8) is 0 Å². The van der Waals surface area contributed by atoms with Crippen molar-refractivity contribution in [3.8, 4) is 0 Å². The summed E-state index contributed by atoms with van der Waals surface area (Å²) >= 11 is 0. The lowest BCUT2D eigenvalue weighted by atomic mass is 10.2. The molecule has 0 unspecified atom stereocenters. The lowest BCUT2D eigenvalue weighted by Crippen LogP contribution is -2.16. The lowest BCUT2D eigenvalue weighted by molar-refractivity contribution is 0.615. The number of hydrogen-bond acceptors (Lipinski definition) is 2. The maximum atomic E-state index is 12.7. The normalized spacial score (nSPS) is 10.8. The molecule has 90 valence electrons. The van der Waals surface area contributed by atoms with Crippen LogP contribution in [0.3, 0.4) is 0 Å². The molecular weight excluding hydrogens is 217 g/mol. The summed E-state index contributed by atoms with van der Waals surface area (Å²) in [7, 11) is 1.93. The van der Waals surface area contributed by atoms with Crippen molar-refractivity contribution >= 4 is 0 Å². The van der Waals surface area contributed by atoms with Crippen LogP contribution in [0.25, 0.3) is 0 Å². The first-order chi connectivity index (χ1) is 8.16. The fourth-order valence-corrected chi connectivity index (χ4v) is 1.75. The monoisotopic (exact) mass is 233 g/mol.